The molecule has 0 saturated heterocycles. The first-order valence-corrected chi connectivity index (χ1v) is 6.43. The van der Waals surface area contributed by atoms with Gasteiger partial charge in [-0.2, -0.15) is 0 Å². The minimum atomic E-state index is -1.24. The molecule has 0 saturated carbocycles. The second-order valence-electron chi connectivity index (χ2n) is 4.23. The predicted octanol–water partition coefficient (Wildman–Crippen LogP) is 4.48. The molecule has 2 N–H and O–H groups in total. The molecule has 0 aliphatic rings. The lowest BCUT2D eigenvalue weighted by atomic mass is 10.1. The number of aryl methyl sites for hydroxylation is 1. The van der Waals surface area contributed by atoms with E-state index in [1.54, 1.807) is 13.0 Å². The molecular weight excluding hydrogens is 332 g/mol. The van der Waals surface area contributed by atoms with Crippen LogP contribution in [0.15, 0.2) is 34.8 Å². The number of carbonyl (C=O) groups is 1. The van der Waals surface area contributed by atoms with Crippen LogP contribution in [0.1, 0.15) is 15.9 Å². The van der Waals surface area contributed by atoms with E-state index < -0.39 is 17.6 Å². The number of benzene rings is 2. The summed E-state index contributed by atoms with van der Waals surface area (Å²) in [5, 5.41) is 11.7. The van der Waals surface area contributed by atoms with E-state index in [-0.39, 0.29) is 21.4 Å². The zero-order valence-electron chi connectivity index (χ0n) is 10.4. The summed E-state index contributed by atoms with van der Waals surface area (Å²) < 4.78 is 27.3. The summed E-state index contributed by atoms with van der Waals surface area (Å²) in [6.07, 6.45) is 0. The van der Waals surface area contributed by atoms with Crippen molar-refractivity contribution in [2.45, 2.75) is 6.92 Å². The van der Waals surface area contributed by atoms with Gasteiger partial charge in [0.1, 0.15) is 11.6 Å². The number of carboxylic acid groups (broad SMARTS) is 1. The Morgan fingerprint density at radius 3 is 2.45 bits per heavy atom. The third kappa shape index (κ3) is 2.96. The van der Waals surface area contributed by atoms with Gasteiger partial charge in [0.2, 0.25) is 0 Å². The van der Waals surface area contributed by atoms with Gasteiger partial charge < -0.3 is 10.4 Å². The fourth-order valence-electron chi connectivity index (χ4n) is 1.69. The molecule has 104 valence electrons. The van der Waals surface area contributed by atoms with E-state index in [0.29, 0.717) is 0 Å². The fourth-order valence-corrected chi connectivity index (χ4v) is 2.04. The second-order valence-corrected chi connectivity index (χ2v) is 5.08. The van der Waals surface area contributed by atoms with E-state index in [1.807, 2.05) is 0 Å². The van der Waals surface area contributed by atoms with E-state index in [0.717, 1.165) is 17.7 Å². The lowest BCUT2D eigenvalue weighted by Gasteiger charge is -2.12. The number of hydrogen-bond acceptors (Lipinski definition) is 2. The fraction of sp³-hybridized carbons (Fsp3) is 0.0714. The van der Waals surface area contributed by atoms with Gasteiger partial charge in [-0.3, -0.25) is 0 Å². The standard InChI is InChI=1S/C14H10BrF2NO2/c1-7-2-3-12(11(17)4-7)18-13-6-10(16)9(15)5-8(13)14(19)20/h2-6,18H,1H3,(H,19,20). The third-order valence-electron chi connectivity index (χ3n) is 2.68. The molecule has 0 aliphatic carbocycles. The average Bonchev–Trinajstić information content (AvgIpc) is 2.36. The van der Waals surface area contributed by atoms with Crippen LogP contribution >= 0.6 is 15.9 Å². The van der Waals surface area contributed by atoms with E-state index >= 15 is 0 Å². The van der Waals surface area contributed by atoms with Gasteiger partial charge in [0, 0.05) is 0 Å². The molecule has 0 aliphatic heterocycles. The Bertz CT molecular complexity index is 689. The molecule has 0 atom stereocenters. The van der Waals surface area contributed by atoms with Gasteiger partial charge in [0.15, 0.2) is 0 Å². The zero-order valence-corrected chi connectivity index (χ0v) is 12.0. The highest BCUT2D eigenvalue weighted by atomic mass is 79.9. The normalized spacial score (nSPS) is 10.4. The van der Waals surface area contributed by atoms with E-state index in [4.69, 9.17) is 5.11 Å². The van der Waals surface area contributed by atoms with E-state index in [2.05, 4.69) is 21.2 Å². The monoisotopic (exact) mass is 341 g/mol. The smallest absolute Gasteiger partial charge is 0.337 e. The Balaban J connectivity index is 2.47. The number of anilines is 2. The molecule has 2 rings (SSSR count). The summed E-state index contributed by atoms with van der Waals surface area (Å²) in [7, 11) is 0. The summed E-state index contributed by atoms with van der Waals surface area (Å²) in [6, 6.07) is 6.58. The van der Waals surface area contributed by atoms with Crippen LogP contribution in [0.3, 0.4) is 0 Å². The molecule has 0 amide bonds. The van der Waals surface area contributed by atoms with Crippen molar-refractivity contribution in [3.05, 3.63) is 57.6 Å². The van der Waals surface area contributed by atoms with Crippen molar-refractivity contribution in [1.82, 2.24) is 0 Å². The molecule has 3 nitrogen and oxygen atoms in total. The van der Waals surface area contributed by atoms with Crippen LogP contribution in [0.5, 0.6) is 0 Å². The SMILES string of the molecule is Cc1ccc(Nc2cc(F)c(Br)cc2C(=O)O)c(F)c1. The van der Waals surface area contributed by atoms with Crippen molar-refractivity contribution < 1.29 is 18.7 Å². The Kier molecular flexibility index (Phi) is 4.04. The van der Waals surface area contributed by atoms with Crippen molar-refractivity contribution in [1.29, 1.82) is 0 Å². The molecule has 0 spiro atoms. The van der Waals surface area contributed by atoms with Gasteiger partial charge >= 0.3 is 5.97 Å². The number of rotatable bonds is 3. The molecule has 0 unspecified atom stereocenters. The van der Waals surface area contributed by atoms with Crippen molar-refractivity contribution in [3.63, 3.8) is 0 Å². The summed E-state index contributed by atoms with van der Waals surface area (Å²) in [5.41, 5.74) is 0.646. The quantitative estimate of drug-likeness (QED) is 0.865. The van der Waals surface area contributed by atoms with Crippen LogP contribution in [0.25, 0.3) is 0 Å². The number of aromatic carboxylic acids is 1. The van der Waals surface area contributed by atoms with Gasteiger partial charge in [-0.1, -0.05) is 6.07 Å². The minimum Gasteiger partial charge on any atom is -0.478 e. The van der Waals surface area contributed by atoms with Gasteiger partial charge in [-0.05, 0) is 52.7 Å². The Morgan fingerprint density at radius 1 is 1.15 bits per heavy atom. The summed E-state index contributed by atoms with van der Waals surface area (Å²) in [5.74, 6) is -2.41. The first-order chi connectivity index (χ1) is 9.38. The Morgan fingerprint density at radius 2 is 1.85 bits per heavy atom. The molecule has 20 heavy (non-hydrogen) atoms. The first-order valence-electron chi connectivity index (χ1n) is 5.64. The minimum absolute atomic E-state index is 0.0130. The molecule has 2 aromatic rings. The summed E-state index contributed by atoms with van der Waals surface area (Å²) in [6.45, 7) is 1.73. The predicted molar refractivity (Wildman–Crippen MR) is 75.5 cm³/mol. The van der Waals surface area contributed by atoms with Crippen molar-refractivity contribution in [2.24, 2.45) is 0 Å². The maximum absolute atomic E-state index is 13.7. The lowest BCUT2D eigenvalue weighted by molar-refractivity contribution is 0.0698. The highest BCUT2D eigenvalue weighted by Crippen LogP contribution is 2.28. The largest absolute Gasteiger partial charge is 0.478 e. The van der Waals surface area contributed by atoms with Crippen LogP contribution < -0.4 is 5.32 Å². The second kappa shape index (κ2) is 5.58. The number of nitrogens with one attached hydrogen (secondary N) is 1. The summed E-state index contributed by atoms with van der Waals surface area (Å²) >= 11 is 2.92. The van der Waals surface area contributed by atoms with Crippen molar-refractivity contribution in [2.75, 3.05) is 5.32 Å². The number of hydrogen-bond donors (Lipinski definition) is 2. The maximum Gasteiger partial charge on any atom is 0.337 e. The van der Waals surface area contributed by atoms with Crippen LogP contribution in [0.4, 0.5) is 20.2 Å². The highest BCUT2D eigenvalue weighted by Gasteiger charge is 2.15. The molecule has 2 aromatic carbocycles. The molecule has 0 aromatic heterocycles. The van der Waals surface area contributed by atoms with E-state index in [1.165, 1.54) is 12.1 Å². The number of carboxylic acids is 1. The maximum atomic E-state index is 13.7. The average molecular weight is 342 g/mol. The molecule has 0 bridgehead atoms. The van der Waals surface area contributed by atoms with Gasteiger partial charge in [-0.15, -0.1) is 0 Å². The van der Waals surface area contributed by atoms with Gasteiger partial charge in [-0.25, -0.2) is 13.6 Å². The van der Waals surface area contributed by atoms with Crippen molar-refractivity contribution >= 4 is 33.3 Å². The Hall–Kier alpha value is -1.95. The molecule has 0 heterocycles. The van der Waals surface area contributed by atoms with Crippen LogP contribution in [-0.4, -0.2) is 11.1 Å². The zero-order chi connectivity index (χ0) is 14.9. The van der Waals surface area contributed by atoms with Gasteiger partial charge in [0.25, 0.3) is 0 Å². The van der Waals surface area contributed by atoms with Crippen molar-refractivity contribution in [3.8, 4) is 0 Å². The van der Waals surface area contributed by atoms with E-state index in [9.17, 15) is 13.6 Å². The molecular formula is C14H10BrF2NO2. The topological polar surface area (TPSA) is 49.3 Å². The summed E-state index contributed by atoms with van der Waals surface area (Å²) in [4.78, 5) is 11.1. The first kappa shape index (κ1) is 14.5. The van der Waals surface area contributed by atoms with Gasteiger partial charge in [0.05, 0.1) is 21.4 Å². The van der Waals surface area contributed by atoms with Crippen LogP contribution in [0.2, 0.25) is 0 Å². The number of halogens is 3. The lowest BCUT2D eigenvalue weighted by Crippen LogP contribution is -2.05. The highest BCUT2D eigenvalue weighted by molar-refractivity contribution is 9.10. The van der Waals surface area contributed by atoms with Crippen LogP contribution in [-0.2, 0) is 0 Å². The molecule has 0 radical (unpaired) electrons. The van der Waals surface area contributed by atoms with Crippen LogP contribution in [0, 0.1) is 18.6 Å². The third-order valence-corrected chi connectivity index (χ3v) is 3.29. The molecule has 6 heteroatoms. The molecule has 0 fully saturated rings. The Labute approximate surface area is 122 Å².